The zero-order chi connectivity index (χ0) is 26.2. The highest BCUT2D eigenvalue weighted by Gasteiger charge is 2.51. The Bertz CT molecular complexity index is 1380. The second-order valence-corrected chi connectivity index (χ2v) is 11.1. The topological polar surface area (TPSA) is 63.3 Å². The number of carbonyl (C=O) groups is 1. The van der Waals surface area contributed by atoms with E-state index in [0.717, 1.165) is 33.4 Å². The minimum absolute atomic E-state index is 0.0249. The van der Waals surface area contributed by atoms with Crippen LogP contribution in [0.2, 0.25) is 5.02 Å². The smallest absolute Gasteiger partial charge is 0.399 e. The van der Waals surface area contributed by atoms with Gasteiger partial charge in [-0.3, -0.25) is 4.79 Å². The van der Waals surface area contributed by atoms with E-state index in [2.05, 4.69) is 10.3 Å². The zero-order valence-electron chi connectivity index (χ0n) is 21.7. The van der Waals surface area contributed by atoms with Gasteiger partial charge < -0.3 is 19.6 Å². The van der Waals surface area contributed by atoms with Crippen molar-refractivity contribution in [3.05, 3.63) is 101 Å². The Morgan fingerprint density at radius 3 is 2.32 bits per heavy atom. The van der Waals surface area contributed by atoms with E-state index in [4.69, 9.17) is 20.9 Å². The van der Waals surface area contributed by atoms with E-state index in [9.17, 15) is 4.79 Å². The number of carbonyl (C=O) groups excluding carboxylic acids is 1. The quantitative estimate of drug-likeness (QED) is 0.228. The van der Waals surface area contributed by atoms with Crippen molar-refractivity contribution in [2.75, 3.05) is 6.54 Å². The summed E-state index contributed by atoms with van der Waals surface area (Å²) in [6.07, 6.45) is 2.59. The molecule has 5 nitrogen and oxygen atoms in total. The third kappa shape index (κ3) is 5.25. The first-order valence-corrected chi connectivity index (χ1v) is 13.1. The number of aromatic amines is 1. The van der Waals surface area contributed by atoms with Crippen molar-refractivity contribution >= 4 is 40.9 Å². The summed E-state index contributed by atoms with van der Waals surface area (Å²) in [5, 5.41) is 5.09. The molecule has 0 spiro atoms. The highest BCUT2D eigenvalue weighted by Crippen LogP contribution is 2.36. The molecule has 190 valence electrons. The Labute approximate surface area is 223 Å². The fraction of sp³-hybridized carbons (Fsp3) is 0.300. The monoisotopic (exact) mass is 514 g/mol. The number of ketones is 1. The summed E-state index contributed by atoms with van der Waals surface area (Å²) in [7, 11) is -0.455. The summed E-state index contributed by atoms with van der Waals surface area (Å²) in [5.74, 6) is 0.0249. The first-order valence-electron chi connectivity index (χ1n) is 12.7. The maximum Gasteiger partial charge on any atom is 0.494 e. The minimum Gasteiger partial charge on any atom is -0.399 e. The van der Waals surface area contributed by atoms with Gasteiger partial charge in [-0.05, 0) is 68.9 Å². The zero-order valence-corrected chi connectivity index (χ0v) is 22.4. The molecule has 0 amide bonds. The number of aromatic nitrogens is 1. The van der Waals surface area contributed by atoms with E-state index >= 15 is 0 Å². The van der Waals surface area contributed by atoms with E-state index in [1.165, 1.54) is 5.56 Å². The average molecular weight is 515 g/mol. The van der Waals surface area contributed by atoms with Gasteiger partial charge in [-0.15, -0.1) is 0 Å². The van der Waals surface area contributed by atoms with Crippen molar-refractivity contribution in [1.29, 1.82) is 0 Å². The standard InChI is InChI=1S/C30H32BClN2O3/c1-29(2)30(3,4)37-31(36-29)22-12-15-24-25(19-34-26(24)18-22)28(35)27(21-8-6-5-7-9-21)33-17-16-20-10-13-23(32)14-11-20/h5-15,18-19,27,33-34H,16-17H2,1-4H3. The van der Waals surface area contributed by atoms with Crippen LogP contribution in [0.5, 0.6) is 0 Å². The lowest BCUT2D eigenvalue weighted by atomic mass is 9.78. The van der Waals surface area contributed by atoms with Crippen molar-refractivity contribution in [3.63, 3.8) is 0 Å². The lowest BCUT2D eigenvalue weighted by molar-refractivity contribution is 0.00578. The maximum absolute atomic E-state index is 13.9. The molecule has 1 atom stereocenters. The van der Waals surface area contributed by atoms with Gasteiger partial charge >= 0.3 is 7.12 Å². The van der Waals surface area contributed by atoms with Crippen LogP contribution < -0.4 is 10.8 Å². The Morgan fingerprint density at radius 1 is 0.973 bits per heavy atom. The van der Waals surface area contributed by atoms with Crippen LogP contribution in [0.25, 0.3) is 10.9 Å². The van der Waals surface area contributed by atoms with Crippen LogP contribution in [0.4, 0.5) is 0 Å². The van der Waals surface area contributed by atoms with Crippen LogP contribution in [0.1, 0.15) is 55.2 Å². The molecule has 0 aliphatic carbocycles. The van der Waals surface area contributed by atoms with Gasteiger partial charge in [-0.2, -0.15) is 0 Å². The summed E-state index contributed by atoms with van der Waals surface area (Å²) < 4.78 is 12.4. The Kier molecular flexibility index (Phi) is 7.03. The van der Waals surface area contributed by atoms with Gasteiger partial charge in [0.2, 0.25) is 0 Å². The molecule has 7 heteroatoms. The van der Waals surface area contributed by atoms with Crippen LogP contribution in [0.3, 0.4) is 0 Å². The molecular formula is C30H32BClN2O3. The lowest BCUT2D eigenvalue weighted by Crippen LogP contribution is -2.41. The summed E-state index contributed by atoms with van der Waals surface area (Å²) in [4.78, 5) is 17.2. The summed E-state index contributed by atoms with van der Waals surface area (Å²) in [5.41, 5.74) is 3.73. The molecular weight excluding hydrogens is 483 g/mol. The van der Waals surface area contributed by atoms with Crippen molar-refractivity contribution in [3.8, 4) is 0 Å². The van der Waals surface area contributed by atoms with Crippen molar-refractivity contribution in [2.45, 2.75) is 51.4 Å². The van der Waals surface area contributed by atoms with Crippen LogP contribution in [0.15, 0.2) is 79.0 Å². The second-order valence-electron chi connectivity index (χ2n) is 10.6. The fourth-order valence-electron chi connectivity index (χ4n) is 4.65. The van der Waals surface area contributed by atoms with E-state index < -0.39 is 24.4 Å². The van der Waals surface area contributed by atoms with Crippen LogP contribution in [-0.4, -0.2) is 35.6 Å². The predicted molar refractivity (Wildman–Crippen MR) is 151 cm³/mol. The molecule has 1 unspecified atom stereocenters. The lowest BCUT2D eigenvalue weighted by Gasteiger charge is -2.32. The van der Waals surface area contributed by atoms with Crippen LogP contribution >= 0.6 is 11.6 Å². The molecule has 37 heavy (non-hydrogen) atoms. The molecule has 3 aromatic carbocycles. The summed E-state index contributed by atoms with van der Waals surface area (Å²) in [6.45, 7) is 8.82. The number of hydrogen-bond donors (Lipinski definition) is 2. The van der Waals surface area contributed by atoms with Crippen molar-refractivity contribution < 1.29 is 14.1 Å². The number of H-pyrrole nitrogens is 1. The third-order valence-electron chi connectivity index (χ3n) is 7.57. The van der Waals surface area contributed by atoms with E-state index in [1.54, 1.807) is 6.20 Å². The predicted octanol–water partition coefficient (Wildman–Crippen LogP) is 5.88. The van der Waals surface area contributed by atoms with Gasteiger partial charge in [0.1, 0.15) is 0 Å². The SMILES string of the molecule is CC1(C)OB(c2ccc3c(C(=O)C(NCCc4ccc(Cl)cc4)c4ccccc4)c[nH]c3c2)OC1(C)C. The van der Waals surface area contributed by atoms with Gasteiger partial charge in [0.25, 0.3) is 0 Å². The Morgan fingerprint density at radius 2 is 1.65 bits per heavy atom. The molecule has 1 saturated heterocycles. The molecule has 0 bridgehead atoms. The first-order chi connectivity index (χ1) is 17.6. The largest absolute Gasteiger partial charge is 0.494 e. The van der Waals surface area contributed by atoms with E-state index in [0.29, 0.717) is 12.1 Å². The van der Waals surface area contributed by atoms with Crippen molar-refractivity contribution in [1.82, 2.24) is 10.3 Å². The summed E-state index contributed by atoms with van der Waals surface area (Å²) >= 11 is 6.02. The average Bonchev–Trinajstić information content (AvgIpc) is 3.39. The Hall–Kier alpha value is -2.90. The number of benzene rings is 3. The number of rotatable bonds is 8. The van der Waals surface area contributed by atoms with Gasteiger partial charge in [-0.25, -0.2) is 0 Å². The first kappa shape index (κ1) is 25.7. The van der Waals surface area contributed by atoms with Gasteiger partial charge in [0, 0.05) is 34.2 Å². The number of fused-ring (bicyclic) bond motifs is 1. The van der Waals surface area contributed by atoms with Crippen LogP contribution in [-0.2, 0) is 15.7 Å². The number of Topliss-reactive ketones (excluding diaryl/α,β-unsaturated/α-hetero) is 1. The van der Waals surface area contributed by atoms with E-state index in [1.807, 2.05) is 100 Å². The second kappa shape index (κ2) is 10.1. The minimum atomic E-state index is -0.463. The molecule has 2 N–H and O–H groups in total. The number of hydrogen-bond acceptors (Lipinski definition) is 4. The molecule has 2 heterocycles. The van der Waals surface area contributed by atoms with Gasteiger partial charge in [-0.1, -0.05) is 66.2 Å². The molecule has 1 aromatic heterocycles. The molecule has 4 aromatic rings. The van der Waals surface area contributed by atoms with E-state index in [-0.39, 0.29) is 5.78 Å². The third-order valence-corrected chi connectivity index (χ3v) is 7.82. The molecule has 0 radical (unpaired) electrons. The molecule has 0 saturated carbocycles. The number of halogens is 1. The summed E-state index contributed by atoms with van der Waals surface area (Å²) in [6, 6.07) is 23.2. The number of nitrogens with one attached hydrogen (secondary N) is 2. The Balaban J connectivity index is 1.38. The highest BCUT2D eigenvalue weighted by molar-refractivity contribution is 6.62. The fourth-order valence-corrected chi connectivity index (χ4v) is 4.77. The normalized spacial score (nSPS) is 17.3. The maximum atomic E-state index is 13.9. The van der Waals surface area contributed by atoms with Gasteiger partial charge in [0.05, 0.1) is 17.2 Å². The highest BCUT2D eigenvalue weighted by atomic mass is 35.5. The molecule has 5 rings (SSSR count). The van der Waals surface area contributed by atoms with Gasteiger partial charge in [0.15, 0.2) is 5.78 Å². The van der Waals surface area contributed by atoms with Crippen LogP contribution in [0, 0.1) is 0 Å². The molecule has 1 fully saturated rings. The molecule has 1 aliphatic heterocycles. The molecule has 1 aliphatic rings. The van der Waals surface area contributed by atoms with Crippen molar-refractivity contribution in [2.24, 2.45) is 0 Å².